The Morgan fingerprint density at radius 1 is 0.778 bits per heavy atom. The van der Waals surface area contributed by atoms with Gasteiger partial charge in [0.1, 0.15) is 5.78 Å². The van der Waals surface area contributed by atoms with E-state index in [9.17, 15) is 19.2 Å². The number of carbonyl (C=O) groups is 4. The molecule has 0 N–H and O–H groups in total. The molecule has 0 spiro atoms. The predicted octanol–water partition coefficient (Wildman–Crippen LogP) is 0.457. The summed E-state index contributed by atoms with van der Waals surface area (Å²) in [6, 6.07) is 0. The minimum atomic E-state index is -1.01. The van der Waals surface area contributed by atoms with Crippen LogP contribution < -0.4 is 0 Å². The molecule has 0 unspecified atom stereocenters. The van der Waals surface area contributed by atoms with Gasteiger partial charge in [-0.25, -0.2) is 4.79 Å². The Morgan fingerprint density at radius 3 is 1.00 bits per heavy atom. The molecule has 0 saturated carbocycles. The summed E-state index contributed by atoms with van der Waals surface area (Å²) in [5.74, 6) is -2.01. The third kappa shape index (κ3) is 63.1. The van der Waals surface area contributed by atoms with Crippen LogP contribution in [-0.2, 0) is 28.5 Å². The van der Waals surface area contributed by atoms with E-state index in [2.05, 4.69) is 25.4 Å². The van der Waals surface area contributed by atoms with Crippen LogP contribution in [0.3, 0.4) is 0 Å². The van der Waals surface area contributed by atoms with E-state index in [1.54, 1.807) is 0 Å². The highest BCUT2D eigenvalue weighted by atomic mass is 16.5. The third-order valence-electron chi connectivity index (χ3n) is 0.560. The molecule has 0 saturated heterocycles. The van der Waals surface area contributed by atoms with Gasteiger partial charge in [-0.15, -0.1) is 0 Å². The van der Waals surface area contributed by atoms with Gasteiger partial charge < -0.3 is 14.1 Å². The quantitative estimate of drug-likeness (QED) is 0.500. The smallest absolute Gasteiger partial charge is 0.378 e. The van der Waals surface area contributed by atoms with Gasteiger partial charge in [0.2, 0.25) is 5.78 Å². The van der Waals surface area contributed by atoms with Crippen LogP contribution in [0.15, 0.2) is 0 Å². The monoisotopic (exact) mass is 256 g/mol. The van der Waals surface area contributed by atoms with Gasteiger partial charge in [0.15, 0.2) is 0 Å². The van der Waals surface area contributed by atoms with Crippen molar-refractivity contribution in [3.63, 3.8) is 0 Å². The first-order valence-electron chi connectivity index (χ1n) is 4.95. The summed E-state index contributed by atoms with van der Waals surface area (Å²) in [6.45, 7) is 9.37. The molecular formula is C10H18B2O6. The lowest BCUT2D eigenvalue weighted by Crippen LogP contribution is -2.11. The molecule has 8 heteroatoms. The zero-order valence-corrected chi connectivity index (χ0v) is 11.6. The van der Waals surface area contributed by atoms with Crippen molar-refractivity contribution in [1.29, 1.82) is 0 Å². The van der Waals surface area contributed by atoms with Crippen LogP contribution in [0.25, 0.3) is 0 Å². The lowest BCUT2D eigenvalue weighted by atomic mass is 10.4. The maximum absolute atomic E-state index is 9.82. The Labute approximate surface area is 110 Å². The Bertz CT molecular complexity index is 249. The first-order chi connectivity index (χ1) is 8.18. The summed E-state index contributed by atoms with van der Waals surface area (Å²) in [5.41, 5.74) is 0. The van der Waals surface area contributed by atoms with E-state index in [1.165, 1.54) is 20.8 Å². The van der Waals surface area contributed by atoms with Crippen molar-refractivity contribution in [3.8, 4) is 0 Å². The molecule has 0 aliphatic rings. The zero-order valence-electron chi connectivity index (χ0n) is 11.6. The first-order valence-corrected chi connectivity index (χ1v) is 4.95. The van der Waals surface area contributed by atoms with Crippen LogP contribution in [0.2, 0.25) is 0 Å². The fourth-order valence-electron chi connectivity index (χ4n) is 0.0830. The summed E-state index contributed by atoms with van der Waals surface area (Å²) in [5, 5.41) is 0. The maximum atomic E-state index is 9.82. The number of carbonyl (C=O) groups excluding carboxylic acids is 4. The highest BCUT2D eigenvalue weighted by molar-refractivity contribution is 6.36. The normalized spacial score (nSPS) is 6.56. The molecule has 0 heterocycles. The van der Waals surface area contributed by atoms with E-state index >= 15 is 0 Å². The molecule has 0 aromatic heterocycles. The third-order valence-corrected chi connectivity index (χ3v) is 0.560. The van der Waals surface area contributed by atoms with Crippen LogP contribution in [0.1, 0.15) is 41.5 Å². The Balaban J connectivity index is -0.0000000791. The van der Waals surface area contributed by atoms with Gasteiger partial charge in [-0.2, -0.15) is 0 Å². The summed E-state index contributed by atoms with van der Waals surface area (Å²) in [7, 11) is 8.62. The van der Waals surface area contributed by atoms with Crippen molar-refractivity contribution in [2.75, 3.05) is 0 Å². The molecule has 0 aliphatic carbocycles. The highest BCUT2D eigenvalue weighted by Crippen LogP contribution is 1.71. The largest absolute Gasteiger partial charge is 0.544 e. The Morgan fingerprint density at radius 2 is 1.00 bits per heavy atom. The van der Waals surface area contributed by atoms with Crippen LogP contribution >= 0.6 is 0 Å². The Kier molecular flexibility index (Phi) is 29.2. The predicted molar refractivity (Wildman–Crippen MR) is 67.8 cm³/mol. The van der Waals surface area contributed by atoms with Crippen LogP contribution in [0.4, 0.5) is 0 Å². The SMILES string of the molecule is CC.CC(C)=O.[B]OC(=O)C(C)=O.[B]OC(C)=O. The van der Waals surface area contributed by atoms with Crippen LogP contribution in [0.5, 0.6) is 0 Å². The average Bonchev–Trinajstić information content (AvgIpc) is 2.30. The van der Waals surface area contributed by atoms with Gasteiger partial charge in [0.25, 0.3) is 5.97 Å². The fourth-order valence-corrected chi connectivity index (χ4v) is 0.0830. The van der Waals surface area contributed by atoms with E-state index in [4.69, 9.17) is 0 Å². The highest BCUT2D eigenvalue weighted by Gasteiger charge is 2.02. The van der Waals surface area contributed by atoms with E-state index in [0.717, 1.165) is 6.92 Å². The lowest BCUT2D eigenvalue weighted by Gasteiger charge is -1.87. The van der Waals surface area contributed by atoms with Crippen molar-refractivity contribution < 1.29 is 28.5 Å². The molecule has 0 amide bonds. The molecule has 0 aliphatic heterocycles. The summed E-state index contributed by atoms with van der Waals surface area (Å²) >= 11 is 0. The second-order valence-corrected chi connectivity index (χ2v) is 2.48. The number of hydrogen-bond donors (Lipinski definition) is 0. The second-order valence-electron chi connectivity index (χ2n) is 2.48. The maximum Gasteiger partial charge on any atom is 0.378 e. The van der Waals surface area contributed by atoms with Crippen LogP contribution in [-0.4, -0.2) is 39.6 Å². The van der Waals surface area contributed by atoms with E-state index in [-0.39, 0.29) is 5.78 Å². The van der Waals surface area contributed by atoms with Gasteiger partial charge in [0, 0.05) is 13.8 Å². The minimum Gasteiger partial charge on any atom is -0.544 e. The van der Waals surface area contributed by atoms with Crippen molar-refractivity contribution in [2.24, 2.45) is 0 Å². The molecule has 0 fully saturated rings. The summed E-state index contributed by atoms with van der Waals surface area (Å²) in [6.07, 6.45) is 0. The minimum absolute atomic E-state index is 0.167. The summed E-state index contributed by atoms with van der Waals surface area (Å²) in [4.78, 5) is 38.5. The van der Waals surface area contributed by atoms with Crippen LogP contribution in [0, 0.1) is 0 Å². The molecule has 6 nitrogen and oxygen atoms in total. The number of hydrogen-bond acceptors (Lipinski definition) is 6. The molecule has 18 heavy (non-hydrogen) atoms. The number of Topliss-reactive ketones (excluding diaryl/α,β-unsaturated/α-hetero) is 2. The van der Waals surface area contributed by atoms with Crippen molar-refractivity contribution in [3.05, 3.63) is 0 Å². The van der Waals surface area contributed by atoms with Crippen molar-refractivity contribution in [1.82, 2.24) is 0 Å². The summed E-state index contributed by atoms with van der Waals surface area (Å²) < 4.78 is 7.13. The molecular weight excluding hydrogens is 238 g/mol. The zero-order chi connectivity index (χ0) is 15.7. The Hall–Kier alpha value is -1.59. The molecule has 0 bridgehead atoms. The number of ketones is 2. The number of rotatable bonds is 1. The van der Waals surface area contributed by atoms with Gasteiger partial charge in [-0.05, 0) is 13.8 Å². The first kappa shape index (κ1) is 25.3. The average molecular weight is 256 g/mol. The molecule has 0 rings (SSSR count). The second kappa shape index (κ2) is 20.8. The molecule has 0 aromatic carbocycles. The van der Waals surface area contributed by atoms with E-state index < -0.39 is 17.7 Å². The van der Waals surface area contributed by atoms with Crippen molar-refractivity contribution >= 4 is 39.6 Å². The molecule has 100 valence electrons. The molecule has 0 atom stereocenters. The standard InChI is InChI=1S/C3H3BO3.C3H6O.C2H3BO2.C2H6/c1-2(5)3(6)7-4;1-3(2)4;1-2(4)5-3;1-2/h1H3;1-2H3;1H3;1-2H3. The van der Waals surface area contributed by atoms with E-state index in [0.29, 0.717) is 0 Å². The van der Waals surface area contributed by atoms with Gasteiger partial charge in [-0.3, -0.25) is 9.59 Å². The lowest BCUT2D eigenvalue weighted by molar-refractivity contribution is -0.145. The van der Waals surface area contributed by atoms with Gasteiger partial charge in [0.05, 0.1) is 0 Å². The van der Waals surface area contributed by atoms with Gasteiger partial charge >= 0.3 is 22.1 Å². The molecule has 0 aromatic rings. The molecule has 4 radical (unpaired) electrons. The topological polar surface area (TPSA) is 86.7 Å². The van der Waals surface area contributed by atoms with Crippen molar-refractivity contribution in [2.45, 2.75) is 41.5 Å². The fraction of sp³-hybridized carbons (Fsp3) is 0.600. The van der Waals surface area contributed by atoms with E-state index in [1.807, 2.05) is 13.8 Å². The van der Waals surface area contributed by atoms with Gasteiger partial charge in [-0.1, -0.05) is 13.8 Å².